The minimum atomic E-state index is -0.433. The Labute approximate surface area is 122 Å². The van der Waals surface area contributed by atoms with Crippen molar-refractivity contribution in [3.8, 4) is 5.75 Å². The fourth-order valence-corrected chi connectivity index (χ4v) is 1.89. The molecule has 112 valence electrons. The van der Waals surface area contributed by atoms with Crippen LogP contribution in [0.5, 0.6) is 5.75 Å². The predicted octanol–water partition coefficient (Wildman–Crippen LogP) is 3.37. The zero-order chi connectivity index (χ0) is 15.2. The van der Waals surface area contributed by atoms with Gasteiger partial charge >= 0.3 is 0 Å². The zero-order valence-electron chi connectivity index (χ0n) is 12.1. The second-order valence-corrected chi connectivity index (χ2v) is 4.77. The van der Waals surface area contributed by atoms with Crippen LogP contribution < -0.4 is 10.1 Å². The summed E-state index contributed by atoms with van der Waals surface area (Å²) in [5.41, 5.74) is 0. The molecule has 2 aromatic rings. The first-order valence-corrected chi connectivity index (χ1v) is 6.79. The van der Waals surface area contributed by atoms with Crippen molar-refractivity contribution in [2.24, 2.45) is 0 Å². The van der Waals surface area contributed by atoms with Gasteiger partial charge in [0.15, 0.2) is 11.6 Å². The summed E-state index contributed by atoms with van der Waals surface area (Å²) in [5, 5.41) is 2.80. The number of aryl methyl sites for hydroxylation is 1. The minimum Gasteiger partial charge on any atom is -0.490 e. The van der Waals surface area contributed by atoms with Gasteiger partial charge in [0.25, 0.3) is 0 Å². The van der Waals surface area contributed by atoms with E-state index in [0.717, 1.165) is 5.76 Å². The van der Waals surface area contributed by atoms with E-state index in [0.29, 0.717) is 5.76 Å². The van der Waals surface area contributed by atoms with Crippen LogP contribution in [0.1, 0.15) is 30.9 Å². The number of rotatable bonds is 6. The van der Waals surface area contributed by atoms with Crippen LogP contribution in [0.15, 0.2) is 40.8 Å². The van der Waals surface area contributed by atoms with Gasteiger partial charge in [0, 0.05) is 0 Å². The standard InChI is InChI=1S/C16H18FNO3/c1-11-7-8-14(21-11)12(2)18-16(19)9-10-20-15-6-4-3-5-13(15)17/h3-8,12H,9-10H2,1-2H3,(H,18,19). The van der Waals surface area contributed by atoms with Crippen LogP contribution in [0.4, 0.5) is 4.39 Å². The van der Waals surface area contributed by atoms with Crippen LogP contribution in [0.2, 0.25) is 0 Å². The monoisotopic (exact) mass is 291 g/mol. The Morgan fingerprint density at radius 2 is 2.10 bits per heavy atom. The number of halogens is 1. The number of benzene rings is 1. The molecular weight excluding hydrogens is 273 g/mol. The third-order valence-electron chi connectivity index (χ3n) is 2.99. The SMILES string of the molecule is Cc1ccc(C(C)NC(=O)CCOc2ccccc2F)o1. The molecule has 1 aromatic carbocycles. The van der Waals surface area contributed by atoms with Crippen molar-refractivity contribution in [3.63, 3.8) is 0 Å². The predicted molar refractivity (Wildman–Crippen MR) is 76.5 cm³/mol. The van der Waals surface area contributed by atoms with E-state index in [-0.39, 0.29) is 30.7 Å². The van der Waals surface area contributed by atoms with Gasteiger partial charge in [0.05, 0.1) is 19.1 Å². The highest BCUT2D eigenvalue weighted by Crippen LogP contribution is 2.17. The maximum absolute atomic E-state index is 13.3. The van der Waals surface area contributed by atoms with Crippen molar-refractivity contribution >= 4 is 5.91 Å². The third-order valence-corrected chi connectivity index (χ3v) is 2.99. The van der Waals surface area contributed by atoms with Gasteiger partial charge < -0.3 is 14.5 Å². The number of furan rings is 1. The Balaban J connectivity index is 1.76. The lowest BCUT2D eigenvalue weighted by Gasteiger charge is -2.12. The van der Waals surface area contributed by atoms with E-state index >= 15 is 0 Å². The van der Waals surface area contributed by atoms with Crippen LogP contribution in [-0.2, 0) is 4.79 Å². The molecule has 2 rings (SSSR count). The Bertz CT molecular complexity index is 609. The van der Waals surface area contributed by atoms with Crippen molar-refractivity contribution in [1.29, 1.82) is 0 Å². The first kappa shape index (κ1) is 15.1. The molecule has 0 radical (unpaired) electrons. The van der Waals surface area contributed by atoms with E-state index in [1.807, 2.05) is 26.0 Å². The van der Waals surface area contributed by atoms with E-state index in [1.165, 1.54) is 12.1 Å². The Morgan fingerprint density at radius 3 is 2.76 bits per heavy atom. The summed E-state index contributed by atoms with van der Waals surface area (Å²) in [6.07, 6.45) is 0.151. The van der Waals surface area contributed by atoms with E-state index in [2.05, 4.69) is 5.32 Å². The number of amides is 1. The van der Waals surface area contributed by atoms with E-state index in [4.69, 9.17) is 9.15 Å². The maximum atomic E-state index is 13.3. The zero-order valence-corrected chi connectivity index (χ0v) is 12.1. The molecular formula is C16H18FNO3. The normalized spacial score (nSPS) is 12.0. The molecule has 0 saturated heterocycles. The molecule has 0 fully saturated rings. The lowest BCUT2D eigenvalue weighted by molar-refractivity contribution is -0.122. The van der Waals surface area contributed by atoms with Gasteiger partial charge in [-0.25, -0.2) is 4.39 Å². The lowest BCUT2D eigenvalue weighted by atomic mass is 10.2. The molecule has 0 aliphatic carbocycles. The van der Waals surface area contributed by atoms with Crippen LogP contribution in [0.25, 0.3) is 0 Å². The first-order chi connectivity index (χ1) is 10.1. The summed E-state index contributed by atoms with van der Waals surface area (Å²) < 4.78 is 24.0. The lowest BCUT2D eigenvalue weighted by Crippen LogP contribution is -2.27. The van der Waals surface area contributed by atoms with Crippen LogP contribution in [-0.4, -0.2) is 12.5 Å². The molecule has 0 spiro atoms. The maximum Gasteiger partial charge on any atom is 0.224 e. The first-order valence-electron chi connectivity index (χ1n) is 6.79. The second kappa shape index (κ2) is 6.92. The fourth-order valence-electron chi connectivity index (χ4n) is 1.89. The van der Waals surface area contributed by atoms with Crippen molar-refractivity contribution in [1.82, 2.24) is 5.32 Å². The molecule has 21 heavy (non-hydrogen) atoms. The van der Waals surface area contributed by atoms with Gasteiger partial charge in [-0.1, -0.05) is 12.1 Å². The summed E-state index contributed by atoms with van der Waals surface area (Å²) in [5.74, 6) is 1.05. The smallest absolute Gasteiger partial charge is 0.224 e. The summed E-state index contributed by atoms with van der Waals surface area (Å²) in [4.78, 5) is 11.8. The number of hydrogen-bond donors (Lipinski definition) is 1. The molecule has 1 N–H and O–H groups in total. The molecule has 0 saturated carbocycles. The van der Waals surface area contributed by atoms with Crippen molar-refractivity contribution in [3.05, 3.63) is 53.7 Å². The third kappa shape index (κ3) is 4.34. The molecule has 1 aromatic heterocycles. The van der Waals surface area contributed by atoms with Crippen molar-refractivity contribution in [2.75, 3.05) is 6.61 Å². The Kier molecular flexibility index (Phi) is 4.98. The Morgan fingerprint density at radius 1 is 1.33 bits per heavy atom. The molecule has 0 aliphatic rings. The summed E-state index contributed by atoms with van der Waals surface area (Å²) >= 11 is 0. The summed E-state index contributed by atoms with van der Waals surface area (Å²) in [6.45, 7) is 3.81. The molecule has 5 heteroatoms. The molecule has 1 amide bonds. The van der Waals surface area contributed by atoms with Gasteiger partial charge in [-0.05, 0) is 38.1 Å². The second-order valence-electron chi connectivity index (χ2n) is 4.77. The molecule has 1 unspecified atom stereocenters. The van der Waals surface area contributed by atoms with Gasteiger partial charge in [-0.2, -0.15) is 0 Å². The topological polar surface area (TPSA) is 51.5 Å². The molecule has 0 bridgehead atoms. The van der Waals surface area contributed by atoms with Gasteiger partial charge in [-0.3, -0.25) is 4.79 Å². The van der Waals surface area contributed by atoms with Crippen LogP contribution >= 0.6 is 0 Å². The van der Waals surface area contributed by atoms with Gasteiger partial charge in [0.1, 0.15) is 11.5 Å². The molecule has 0 aliphatic heterocycles. The van der Waals surface area contributed by atoms with Crippen LogP contribution in [0.3, 0.4) is 0 Å². The van der Waals surface area contributed by atoms with Gasteiger partial charge in [-0.15, -0.1) is 0 Å². The highest BCUT2D eigenvalue weighted by molar-refractivity contribution is 5.76. The van der Waals surface area contributed by atoms with Gasteiger partial charge in [0.2, 0.25) is 5.91 Å². The summed E-state index contributed by atoms with van der Waals surface area (Å²) in [7, 11) is 0. The molecule has 1 heterocycles. The number of para-hydroxylation sites is 1. The summed E-state index contributed by atoms with van der Waals surface area (Å²) in [6, 6.07) is 9.58. The van der Waals surface area contributed by atoms with E-state index in [1.54, 1.807) is 12.1 Å². The quantitative estimate of drug-likeness (QED) is 0.887. The largest absolute Gasteiger partial charge is 0.490 e. The number of hydrogen-bond acceptors (Lipinski definition) is 3. The van der Waals surface area contributed by atoms with Crippen molar-refractivity contribution < 1.29 is 18.3 Å². The average Bonchev–Trinajstić information content (AvgIpc) is 2.88. The number of ether oxygens (including phenoxy) is 1. The van der Waals surface area contributed by atoms with E-state index < -0.39 is 5.82 Å². The number of carbonyl (C=O) groups is 1. The highest BCUT2D eigenvalue weighted by Gasteiger charge is 2.13. The average molecular weight is 291 g/mol. The molecule has 4 nitrogen and oxygen atoms in total. The number of nitrogens with one attached hydrogen (secondary N) is 1. The molecule has 1 atom stereocenters. The van der Waals surface area contributed by atoms with Crippen molar-refractivity contribution in [2.45, 2.75) is 26.3 Å². The fraction of sp³-hybridized carbons (Fsp3) is 0.312. The number of carbonyl (C=O) groups excluding carboxylic acids is 1. The van der Waals surface area contributed by atoms with E-state index in [9.17, 15) is 9.18 Å². The highest BCUT2D eigenvalue weighted by atomic mass is 19.1. The van der Waals surface area contributed by atoms with Crippen LogP contribution in [0, 0.1) is 12.7 Å². The minimum absolute atomic E-state index is 0.122. The Hall–Kier alpha value is -2.30.